The molecule has 1 N–H and O–H groups in total. The van der Waals surface area contributed by atoms with Crippen LogP contribution in [0.25, 0.3) is 11.1 Å². The molecule has 0 fully saturated rings. The van der Waals surface area contributed by atoms with Crippen molar-refractivity contribution in [2.24, 2.45) is 0 Å². The molecule has 3 aromatic rings. The van der Waals surface area contributed by atoms with Crippen molar-refractivity contribution in [2.45, 2.75) is 64.2 Å². The van der Waals surface area contributed by atoms with E-state index in [1.54, 1.807) is 13.8 Å². The summed E-state index contributed by atoms with van der Waals surface area (Å²) in [7, 11) is 0. The maximum absolute atomic E-state index is 13.2. The van der Waals surface area contributed by atoms with E-state index in [-0.39, 0.29) is 17.9 Å². The number of thioether (sulfide) groups is 1. The maximum Gasteiger partial charge on any atom is 0.341 e. The summed E-state index contributed by atoms with van der Waals surface area (Å²) < 4.78 is 5.20. The molecule has 0 saturated carbocycles. The first-order chi connectivity index (χ1) is 17.0. The van der Waals surface area contributed by atoms with Crippen LogP contribution in [0.3, 0.4) is 0 Å². The lowest BCUT2D eigenvalue weighted by Gasteiger charge is -2.22. The van der Waals surface area contributed by atoms with E-state index in [0.717, 1.165) is 27.3 Å². The number of hydrogen-bond acceptors (Lipinski definition) is 7. The monoisotopic (exact) mass is 521 g/mol. The molecular weight excluding hydrogens is 490 g/mol. The van der Waals surface area contributed by atoms with Crippen LogP contribution in [0.1, 0.15) is 66.7 Å². The SMILES string of the molecule is CCOC(=O)c1c(NC(=O)[C@@H](C)Sc2nc(C(C)(C)C)cc(-c3ccccc3)c2C#N)sc(C)c1C. The summed E-state index contributed by atoms with van der Waals surface area (Å²) in [5.41, 5.74) is 3.93. The van der Waals surface area contributed by atoms with Crippen LogP contribution < -0.4 is 5.32 Å². The number of carbonyl (C=O) groups excluding carboxylic acids is 2. The van der Waals surface area contributed by atoms with Crippen LogP contribution in [-0.2, 0) is 14.9 Å². The molecule has 0 saturated heterocycles. The van der Waals surface area contributed by atoms with Gasteiger partial charge in [-0.05, 0) is 44.9 Å². The highest BCUT2D eigenvalue weighted by molar-refractivity contribution is 8.00. The van der Waals surface area contributed by atoms with Gasteiger partial charge in [-0.2, -0.15) is 5.26 Å². The van der Waals surface area contributed by atoms with Crippen molar-refractivity contribution in [3.8, 4) is 17.2 Å². The third-order valence-corrected chi connectivity index (χ3v) is 7.92. The first-order valence-electron chi connectivity index (χ1n) is 11.7. The van der Waals surface area contributed by atoms with Crippen molar-refractivity contribution in [1.29, 1.82) is 5.26 Å². The number of pyridine rings is 1. The summed E-state index contributed by atoms with van der Waals surface area (Å²) in [6.07, 6.45) is 0. The molecule has 0 radical (unpaired) electrons. The van der Waals surface area contributed by atoms with Gasteiger partial charge in [0.2, 0.25) is 5.91 Å². The quantitative estimate of drug-likeness (QED) is 0.269. The Hall–Kier alpha value is -3.15. The van der Waals surface area contributed by atoms with E-state index in [4.69, 9.17) is 9.72 Å². The number of nitriles is 1. The number of thiophene rings is 1. The van der Waals surface area contributed by atoms with Gasteiger partial charge in [0.25, 0.3) is 0 Å². The number of ether oxygens (including phenoxy) is 1. The smallest absolute Gasteiger partial charge is 0.341 e. The molecule has 2 aromatic heterocycles. The second-order valence-electron chi connectivity index (χ2n) is 9.42. The fourth-order valence-corrected chi connectivity index (χ4v) is 5.52. The summed E-state index contributed by atoms with van der Waals surface area (Å²) in [6, 6.07) is 14.0. The molecule has 6 nitrogen and oxygen atoms in total. The lowest BCUT2D eigenvalue weighted by Crippen LogP contribution is -2.24. The Kier molecular flexibility index (Phi) is 8.59. The molecule has 1 amide bonds. The van der Waals surface area contributed by atoms with E-state index >= 15 is 0 Å². The van der Waals surface area contributed by atoms with Gasteiger partial charge in [0.05, 0.1) is 23.0 Å². The van der Waals surface area contributed by atoms with Crippen molar-refractivity contribution in [1.82, 2.24) is 4.98 Å². The molecule has 1 aromatic carbocycles. The Morgan fingerprint density at radius 1 is 1.22 bits per heavy atom. The first-order valence-corrected chi connectivity index (χ1v) is 13.4. The van der Waals surface area contributed by atoms with Gasteiger partial charge in [-0.25, -0.2) is 9.78 Å². The fourth-order valence-electron chi connectivity index (χ4n) is 3.54. The normalized spacial score (nSPS) is 12.1. The number of hydrogen-bond donors (Lipinski definition) is 1. The Bertz CT molecular complexity index is 1320. The fraction of sp³-hybridized carbons (Fsp3) is 0.357. The standard InChI is InChI=1S/C28H31N3O3S2/c1-8-34-27(33)23-16(2)17(3)35-26(23)31-24(32)18(4)36-25-21(15-29)20(19-12-10-9-11-13-19)14-22(30-25)28(5,6)7/h9-14,18H,8H2,1-7H3,(H,31,32)/t18-/m1/s1. The van der Waals surface area contributed by atoms with Crippen molar-refractivity contribution < 1.29 is 14.3 Å². The van der Waals surface area contributed by atoms with E-state index in [1.165, 1.54) is 23.1 Å². The van der Waals surface area contributed by atoms with E-state index in [9.17, 15) is 14.9 Å². The molecule has 2 heterocycles. The van der Waals surface area contributed by atoms with E-state index < -0.39 is 11.2 Å². The number of amides is 1. The Labute approximate surface area is 221 Å². The van der Waals surface area contributed by atoms with Crippen molar-refractivity contribution in [3.63, 3.8) is 0 Å². The molecule has 0 aliphatic heterocycles. The second-order valence-corrected chi connectivity index (χ2v) is 12.0. The average Bonchev–Trinajstić information content (AvgIpc) is 3.11. The number of aromatic nitrogens is 1. The molecule has 0 aliphatic carbocycles. The molecule has 1 atom stereocenters. The second kappa shape index (κ2) is 11.3. The molecular formula is C28H31N3O3S2. The highest BCUT2D eigenvalue weighted by Gasteiger charge is 2.27. The highest BCUT2D eigenvalue weighted by Crippen LogP contribution is 2.37. The summed E-state index contributed by atoms with van der Waals surface area (Å²) in [5.74, 6) is -0.728. The van der Waals surface area contributed by atoms with Crippen LogP contribution in [0.5, 0.6) is 0 Å². The van der Waals surface area contributed by atoms with Gasteiger partial charge in [-0.15, -0.1) is 11.3 Å². The lowest BCUT2D eigenvalue weighted by molar-refractivity contribution is -0.115. The molecule has 188 valence electrons. The minimum absolute atomic E-state index is 0.251. The number of nitrogens with one attached hydrogen (secondary N) is 1. The number of nitrogens with zero attached hydrogens (tertiary/aromatic N) is 2. The minimum atomic E-state index is -0.568. The van der Waals surface area contributed by atoms with Crippen LogP contribution in [0.2, 0.25) is 0 Å². The van der Waals surface area contributed by atoms with Gasteiger partial charge >= 0.3 is 5.97 Å². The zero-order chi connectivity index (χ0) is 26.6. The molecule has 36 heavy (non-hydrogen) atoms. The summed E-state index contributed by atoms with van der Waals surface area (Å²) in [6.45, 7) is 13.7. The maximum atomic E-state index is 13.2. The van der Waals surface area contributed by atoms with Crippen LogP contribution in [0.4, 0.5) is 5.00 Å². The third-order valence-electron chi connectivity index (χ3n) is 5.71. The van der Waals surface area contributed by atoms with Gasteiger partial charge in [0.15, 0.2) is 0 Å². The third kappa shape index (κ3) is 5.97. The molecule has 0 spiro atoms. The molecule has 0 aliphatic rings. The van der Waals surface area contributed by atoms with Gasteiger partial charge in [0, 0.05) is 21.5 Å². The minimum Gasteiger partial charge on any atom is -0.462 e. The average molecular weight is 522 g/mol. The Balaban J connectivity index is 1.96. The Morgan fingerprint density at radius 3 is 2.47 bits per heavy atom. The zero-order valence-corrected chi connectivity index (χ0v) is 23.3. The first kappa shape index (κ1) is 27.4. The van der Waals surface area contributed by atoms with Crippen LogP contribution in [0, 0.1) is 25.2 Å². The highest BCUT2D eigenvalue weighted by atomic mass is 32.2. The summed E-state index contributed by atoms with van der Waals surface area (Å²) in [4.78, 5) is 31.5. The van der Waals surface area contributed by atoms with Gasteiger partial charge in [0.1, 0.15) is 16.1 Å². The summed E-state index contributed by atoms with van der Waals surface area (Å²) >= 11 is 2.59. The largest absolute Gasteiger partial charge is 0.462 e. The number of anilines is 1. The van der Waals surface area contributed by atoms with Gasteiger partial charge < -0.3 is 10.1 Å². The van der Waals surface area contributed by atoms with Crippen molar-refractivity contribution >= 4 is 40.0 Å². The van der Waals surface area contributed by atoms with E-state index in [0.29, 0.717) is 21.2 Å². The number of aryl methyl sites for hydroxylation is 1. The van der Waals surface area contributed by atoms with Crippen LogP contribution in [0.15, 0.2) is 41.4 Å². The Morgan fingerprint density at radius 2 is 1.89 bits per heavy atom. The van der Waals surface area contributed by atoms with Crippen molar-refractivity contribution in [3.05, 3.63) is 63.7 Å². The lowest BCUT2D eigenvalue weighted by atomic mass is 9.89. The predicted molar refractivity (Wildman–Crippen MR) is 147 cm³/mol. The number of benzene rings is 1. The van der Waals surface area contributed by atoms with E-state index in [1.807, 2.05) is 50.2 Å². The van der Waals surface area contributed by atoms with Gasteiger partial charge in [-0.3, -0.25) is 4.79 Å². The number of esters is 1. The zero-order valence-electron chi connectivity index (χ0n) is 21.7. The van der Waals surface area contributed by atoms with Crippen LogP contribution >= 0.6 is 23.1 Å². The van der Waals surface area contributed by atoms with Crippen molar-refractivity contribution in [2.75, 3.05) is 11.9 Å². The topological polar surface area (TPSA) is 92.1 Å². The molecule has 0 bridgehead atoms. The molecule has 8 heteroatoms. The summed E-state index contributed by atoms with van der Waals surface area (Å²) in [5, 5.41) is 13.4. The van der Waals surface area contributed by atoms with E-state index in [2.05, 4.69) is 32.2 Å². The number of rotatable bonds is 7. The molecule has 0 unspecified atom stereocenters. The predicted octanol–water partition coefficient (Wildman–Crippen LogP) is 6.89. The van der Waals surface area contributed by atoms with Gasteiger partial charge in [-0.1, -0.05) is 62.9 Å². The molecule has 3 rings (SSSR count). The van der Waals surface area contributed by atoms with Crippen LogP contribution in [-0.4, -0.2) is 28.7 Å². The number of carbonyl (C=O) groups is 2.